The minimum absolute atomic E-state index is 0.267. The van der Waals surface area contributed by atoms with Crippen LogP contribution in [0.2, 0.25) is 10.0 Å². The van der Waals surface area contributed by atoms with Crippen LogP contribution in [0.15, 0.2) is 78.9 Å². The number of rotatable bonds is 7. The van der Waals surface area contributed by atoms with Gasteiger partial charge in [0.15, 0.2) is 0 Å². The lowest BCUT2D eigenvalue weighted by Gasteiger charge is -2.42. The highest BCUT2D eigenvalue weighted by atomic mass is 35.5. The van der Waals surface area contributed by atoms with E-state index in [-0.39, 0.29) is 12.0 Å². The molecule has 0 aliphatic carbocycles. The van der Waals surface area contributed by atoms with Crippen molar-refractivity contribution in [3.05, 3.63) is 111 Å². The maximum Gasteiger partial charge on any atom is 0.137 e. The molecule has 1 aromatic heterocycles. The van der Waals surface area contributed by atoms with Crippen molar-refractivity contribution >= 4 is 23.2 Å². The molecule has 5 nitrogen and oxygen atoms in total. The summed E-state index contributed by atoms with van der Waals surface area (Å²) in [5.41, 5.74) is 4.34. The fraction of sp³-hybridized carbons (Fsp3) is 0.276. The van der Waals surface area contributed by atoms with E-state index in [0.29, 0.717) is 15.7 Å². The van der Waals surface area contributed by atoms with E-state index in [4.69, 9.17) is 28.2 Å². The van der Waals surface area contributed by atoms with E-state index in [1.807, 2.05) is 85.8 Å². The van der Waals surface area contributed by atoms with Crippen LogP contribution in [0.5, 0.6) is 0 Å². The number of aryl methyl sites for hydroxylation is 1. The van der Waals surface area contributed by atoms with E-state index in [2.05, 4.69) is 15.2 Å². The van der Waals surface area contributed by atoms with Gasteiger partial charge in [-0.2, -0.15) is 0 Å². The number of aliphatic hydroxyl groups excluding tert-OH is 1. The number of piperazine rings is 1. The summed E-state index contributed by atoms with van der Waals surface area (Å²) in [5.74, 6) is 0.477. The number of nitrogens with zero attached hydrogens (tertiary/aromatic N) is 2. The summed E-state index contributed by atoms with van der Waals surface area (Å²) in [6.07, 6.45) is -0.880. The van der Waals surface area contributed by atoms with Gasteiger partial charge in [-0.3, -0.25) is 4.90 Å². The molecule has 0 saturated carbocycles. The molecular formula is C29H30Cl2N4O. The number of imidazole rings is 1. The first-order valence-corrected chi connectivity index (χ1v) is 13.0. The fourth-order valence-electron chi connectivity index (χ4n) is 5.22. The summed E-state index contributed by atoms with van der Waals surface area (Å²) in [4.78, 5) is 10.6. The smallest absolute Gasteiger partial charge is 0.137 e. The molecule has 36 heavy (non-hydrogen) atoms. The highest BCUT2D eigenvalue weighted by molar-refractivity contribution is 6.32. The summed E-state index contributed by atoms with van der Waals surface area (Å²) in [6.45, 7) is 5.24. The molecule has 0 amide bonds. The van der Waals surface area contributed by atoms with Crippen LogP contribution in [-0.4, -0.2) is 52.2 Å². The Bertz CT molecular complexity index is 1260. The number of aromatic nitrogens is 2. The molecule has 5 rings (SSSR count). The SMILES string of the molecule is Cc1[nH]c(-c2ccccc2)nc1C(O)C(C(c1ccccc1Cl)c1ccccc1Cl)N1CCNCC1. The molecule has 3 aromatic carbocycles. The molecule has 1 aliphatic rings. The average molecular weight is 521 g/mol. The van der Waals surface area contributed by atoms with Gasteiger partial charge < -0.3 is 15.4 Å². The van der Waals surface area contributed by atoms with Crippen molar-refractivity contribution in [2.24, 2.45) is 0 Å². The monoisotopic (exact) mass is 520 g/mol. The lowest BCUT2D eigenvalue weighted by molar-refractivity contribution is 0.0295. The Balaban J connectivity index is 1.65. The Morgan fingerprint density at radius 1 is 0.833 bits per heavy atom. The van der Waals surface area contributed by atoms with Crippen LogP contribution >= 0.6 is 23.2 Å². The van der Waals surface area contributed by atoms with Crippen molar-refractivity contribution in [3.63, 3.8) is 0 Å². The lowest BCUT2D eigenvalue weighted by atomic mass is 9.80. The van der Waals surface area contributed by atoms with Gasteiger partial charge in [0.2, 0.25) is 0 Å². The molecule has 1 aliphatic heterocycles. The first-order valence-electron chi connectivity index (χ1n) is 12.3. The van der Waals surface area contributed by atoms with Gasteiger partial charge in [0.05, 0.1) is 11.7 Å². The minimum atomic E-state index is -0.880. The minimum Gasteiger partial charge on any atom is -0.385 e. The predicted octanol–water partition coefficient (Wildman–Crippen LogP) is 5.83. The van der Waals surface area contributed by atoms with Crippen LogP contribution in [-0.2, 0) is 0 Å². The van der Waals surface area contributed by atoms with Crippen LogP contribution in [0.1, 0.15) is 34.5 Å². The van der Waals surface area contributed by atoms with Crippen LogP contribution in [0, 0.1) is 6.92 Å². The molecule has 0 spiro atoms. The standard InChI is InChI=1S/C29H30Cl2N4O/c1-19-26(34-29(33-19)20-9-3-2-4-10-20)28(36)27(35-17-15-32-16-18-35)25(21-11-5-7-13-23(21)30)22-12-6-8-14-24(22)31/h2-14,25,27-28,32,36H,15-18H2,1H3,(H,33,34). The van der Waals surface area contributed by atoms with Crippen molar-refractivity contribution in [1.29, 1.82) is 0 Å². The van der Waals surface area contributed by atoms with E-state index < -0.39 is 6.10 Å². The zero-order valence-electron chi connectivity index (χ0n) is 20.2. The van der Waals surface area contributed by atoms with Crippen molar-refractivity contribution in [2.75, 3.05) is 26.2 Å². The fourth-order valence-corrected chi connectivity index (χ4v) is 5.73. The number of aliphatic hydroxyl groups is 1. The van der Waals surface area contributed by atoms with E-state index in [1.54, 1.807) is 0 Å². The van der Waals surface area contributed by atoms with Crippen molar-refractivity contribution in [1.82, 2.24) is 20.2 Å². The summed E-state index contributed by atoms with van der Waals surface area (Å²) in [6, 6.07) is 25.3. The maximum atomic E-state index is 12.1. The molecule has 7 heteroatoms. The quantitative estimate of drug-likeness (QED) is 0.286. The molecule has 186 valence electrons. The molecule has 2 atom stereocenters. The molecule has 1 saturated heterocycles. The van der Waals surface area contributed by atoms with Gasteiger partial charge in [-0.15, -0.1) is 0 Å². The molecule has 0 bridgehead atoms. The third-order valence-electron chi connectivity index (χ3n) is 6.97. The highest BCUT2D eigenvalue weighted by Gasteiger charge is 2.40. The number of halogens is 2. The Hall–Kier alpha value is -2.67. The maximum absolute atomic E-state index is 12.1. The van der Waals surface area contributed by atoms with Crippen LogP contribution in [0.25, 0.3) is 11.4 Å². The number of H-pyrrole nitrogens is 1. The topological polar surface area (TPSA) is 64.2 Å². The Labute approximate surface area is 222 Å². The van der Waals surface area contributed by atoms with E-state index >= 15 is 0 Å². The molecule has 2 heterocycles. The number of aromatic amines is 1. The zero-order valence-corrected chi connectivity index (χ0v) is 21.7. The summed E-state index contributed by atoms with van der Waals surface area (Å²) in [5, 5.41) is 16.8. The van der Waals surface area contributed by atoms with Crippen molar-refractivity contribution in [3.8, 4) is 11.4 Å². The molecule has 3 N–H and O–H groups in total. The second-order valence-electron chi connectivity index (χ2n) is 9.20. The van der Waals surface area contributed by atoms with E-state index in [9.17, 15) is 5.11 Å². The van der Waals surface area contributed by atoms with Gasteiger partial charge in [0.1, 0.15) is 11.9 Å². The molecule has 4 aromatic rings. The van der Waals surface area contributed by atoms with Gasteiger partial charge >= 0.3 is 0 Å². The van der Waals surface area contributed by atoms with Gasteiger partial charge in [-0.1, -0.05) is 89.9 Å². The van der Waals surface area contributed by atoms with E-state index in [1.165, 1.54) is 0 Å². The Kier molecular flexibility index (Phi) is 7.75. The van der Waals surface area contributed by atoms with Gasteiger partial charge in [0.25, 0.3) is 0 Å². The van der Waals surface area contributed by atoms with Crippen LogP contribution in [0.3, 0.4) is 0 Å². The van der Waals surface area contributed by atoms with Gasteiger partial charge in [-0.25, -0.2) is 4.98 Å². The number of hydrogen-bond donors (Lipinski definition) is 3. The largest absolute Gasteiger partial charge is 0.385 e. The number of benzene rings is 3. The second-order valence-corrected chi connectivity index (χ2v) is 10.0. The van der Waals surface area contributed by atoms with Crippen molar-refractivity contribution in [2.45, 2.75) is 25.0 Å². The average Bonchev–Trinajstić information content (AvgIpc) is 3.31. The second kappa shape index (κ2) is 11.2. The molecule has 2 unspecified atom stereocenters. The predicted molar refractivity (Wildman–Crippen MR) is 147 cm³/mol. The third-order valence-corrected chi connectivity index (χ3v) is 7.66. The molecule has 1 fully saturated rings. The zero-order chi connectivity index (χ0) is 25.1. The number of hydrogen-bond acceptors (Lipinski definition) is 4. The summed E-state index contributed by atoms with van der Waals surface area (Å²) >= 11 is 13.6. The van der Waals surface area contributed by atoms with Crippen LogP contribution in [0.4, 0.5) is 0 Å². The Morgan fingerprint density at radius 3 is 1.97 bits per heavy atom. The molecule has 0 radical (unpaired) electrons. The van der Waals surface area contributed by atoms with Crippen LogP contribution < -0.4 is 5.32 Å². The lowest BCUT2D eigenvalue weighted by Crippen LogP contribution is -2.53. The first-order chi connectivity index (χ1) is 17.5. The first kappa shape index (κ1) is 25.0. The summed E-state index contributed by atoms with van der Waals surface area (Å²) < 4.78 is 0. The van der Waals surface area contributed by atoms with Crippen molar-refractivity contribution < 1.29 is 5.11 Å². The summed E-state index contributed by atoms with van der Waals surface area (Å²) in [7, 11) is 0. The Morgan fingerprint density at radius 2 is 1.39 bits per heavy atom. The molecular weight excluding hydrogens is 491 g/mol. The van der Waals surface area contributed by atoms with Gasteiger partial charge in [-0.05, 0) is 30.2 Å². The highest BCUT2D eigenvalue weighted by Crippen LogP contribution is 2.43. The number of nitrogens with one attached hydrogen (secondary N) is 2. The van der Waals surface area contributed by atoms with Gasteiger partial charge in [0, 0.05) is 53.4 Å². The van der Waals surface area contributed by atoms with E-state index in [0.717, 1.165) is 54.4 Å². The normalized spacial score (nSPS) is 16.2. The third kappa shape index (κ3) is 5.08.